The first kappa shape index (κ1) is 42.4. The minimum atomic E-state index is -1.34. The molecule has 6 atom stereocenters. The van der Waals surface area contributed by atoms with Gasteiger partial charge in [-0.15, -0.1) is 24.9 Å². The van der Waals surface area contributed by atoms with Crippen LogP contribution in [0.4, 0.5) is 4.79 Å². The number of benzene rings is 2. The number of allylic oxidation sites excluding steroid dienone is 1. The molecule has 2 aromatic rings. The van der Waals surface area contributed by atoms with E-state index in [-0.39, 0.29) is 44.2 Å². The molecule has 0 radical (unpaired) electrons. The predicted molar refractivity (Wildman–Crippen MR) is 218 cm³/mol. The first-order chi connectivity index (χ1) is 26.9. The molecule has 3 aliphatic rings. The molecule has 300 valence electrons. The van der Waals surface area contributed by atoms with E-state index in [4.69, 9.17) is 28.9 Å². The van der Waals surface area contributed by atoms with Gasteiger partial charge >= 0.3 is 6.09 Å². The summed E-state index contributed by atoms with van der Waals surface area (Å²) in [7, 11) is 0. The summed E-state index contributed by atoms with van der Waals surface area (Å²) in [5.41, 5.74) is 2.75. The van der Waals surface area contributed by atoms with E-state index in [1.807, 2.05) is 56.5 Å². The minimum Gasteiger partial charge on any atom is -0.459 e. The van der Waals surface area contributed by atoms with Gasteiger partial charge in [0, 0.05) is 42.6 Å². The van der Waals surface area contributed by atoms with Crippen LogP contribution in [-0.2, 0) is 14.3 Å². The molecule has 2 aromatic carbocycles. The third-order valence-electron chi connectivity index (χ3n) is 10.9. The number of aliphatic hydroxyl groups is 2. The molecule has 0 spiro atoms. The number of hydrogen-bond acceptors (Lipinski definition) is 10. The maximum atomic E-state index is 14.1. The van der Waals surface area contributed by atoms with Crippen molar-refractivity contribution in [2.45, 2.75) is 94.3 Å². The van der Waals surface area contributed by atoms with Crippen molar-refractivity contribution in [3.63, 3.8) is 0 Å². The van der Waals surface area contributed by atoms with Crippen LogP contribution in [0.25, 0.3) is 0 Å². The third-order valence-corrected chi connectivity index (χ3v) is 11.6. The first-order valence-electron chi connectivity index (χ1n) is 20.0. The van der Waals surface area contributed by atoms with E-state index in [2.05, 4.69) is 25.3 Å². The van der Waals surface area contributed by atoms with Gasteiger partial charge in [0.15, 0.2) is 0 Å². The molecule has 0 saturated heterocycles. The molecular weight excluding hydrogens is 717 g/mol. The molecule has 11 heteroatoms. The van der Waals surface area contributed by atoms with Gasteiger partial charge < -0.3 is 34.0 Å². The van der Waals surface area contributed by atoms with Crippen LogP contribution in [-0.4, -0.2) is 84.6 Å². The summed E-state index contributed by atoms with van der Waals surface area (Å²) in [5, 5.41) is 24.4. The molecule has 2 N–H and O–H groups in total. The Kier molecular flexibility index (Phi) is 16.1. The average molecular weight is 777 g/mol. The van der Waals surface area contributed by atoms with E-state index in [0.29, 0.717) is 56.8 Å². The van der Waals surface area contributed by atoms with Gasteiger partial charge in [0.2, 0.25) is 5.79 Å². The Morgan fingerprint density at radius 1 is 1.04 bits per heavy atom. The molecule has 1 heterocycles. The molecule has 1 fully saturated rings. The van der Waals surface area contributed by atoms with Gasteiger partial charge in [-0.25, -0.2) is 4.79 Å². The number of ether oxygens (including phenoxy) is 4. The van der Waals surface area contributed by atoms with Crippen molar-refractivity contribution in [1.82, 2.24) is 4.90 Å². The molecule has 1 aliphatic heterocycles. The zero-order chi connectivity index (χ0) is 39.2. The zero-order valence-electron chi connectivity index (χ0n) is 32.8. The highest BCUT2D eigenvalue weighted by Gasteiger charge is 2.65. The summed E-state index contributed by atoms with van der Waals surface area (Å²) in [6.45, 7) is 13.2. The van der Waals surface area contributed by atoms with E-state index in [9.17, 15) is 15.0 Å². The summed E-state index contributed by atoms with van der Waals surface area (Å²) >= 11 is 1.68. The number of carbonyl (C=O) groups is 1. The second kappa shape index (κ2) is 20.9. The van der Waals surface area contributed by atoms with Crippen LogP contribution in [0.2, 0.25) is 0 Å². The number of oxime groups is 1. The SMILES string of the molecule is C=CCCOC(=O)N(CCC)C1CC(=NOCC)C2=CC(CCCCO)C(CCCCO)C3c4cc(Oc5ccc(SC)cc5)ccc4OC1(OCC=C)C23. The highest BCUT2D eigenvalue weighted by Crippen LogP contribution is 2.62. The fourth-order valence-corrected chi connectivity index (χ4v) is 8.97. The highest BCUT2D eigenvalue weighted by atomic mass is 32.2. The number of thioether (sulfide) groups is 1. The van der Waals surface area contributed by atoms with Gasteiger partial charge in [-0.3, -0.25) is 4.90 Å². The van der Waals surface area contributed by atoms with Crippen LogP contribution in [0.15, 0.2) is 89.5 Å². The second-order valence-corrected chi connectivity index (χ2v) is 15.2. The van der Waals surface area contributed by atoms with Gasteiger partial charge in [-0.05, 0) is 112 Å². The topological polar surface area (TPSA) is 119 Å². The van der Waals surface area contributed by atoms with Crippen molar-refractivity contribution < 1.29 is 38.8 Å². The smallest absolute Gasteiger partial charge is 0.410 e. The van der Waals surface area contributed by atoms with E-state index >= 15 is 0 Å². The average Bonchev–Trinajstić information content (AvgIpc) is 3.20. The molecule has 10 nitrogen and oxygen atoms in total. The lowest BCUT2D eigenvalue weighted by Gasteiger charge is -2.59. The quantitative estimate of drug-likeness (QED) is 0.0522. The number of carbonyl (C=O) groups excluding carboxylic acids is 1. The Labute approximate surface area is 331 Å². The molecule has 1 saturated carbocycles. The van der Waals surface area contributed by atoms with Gasteiger partial charge in [-0.2, -0.15) is 0 Å². The van der Waals surface area contributed by atoms with Crippen molar-refractivity contribution in [1.29, 1.82) is 0 Å². The van der Waals surface area contributed by atoms with Crippen LogP contribution in [0.5, 0.6) is 17.2 Å². The summed E-state index contributed by atoms with van der Waals surface area (Å²) in [6.07, 6.45) is 13.7. The highest BCUT2D eigenvalue weighted by molar-refractivity contribution is 7.98. The first-order valence-corrected chi connectivity index (χ1v) is 21.2. The molecule has 0 aromatic heterocycles. The van der Waals surface area contributed by atoms with Crippen LogP contribution in [0.3, 0.4) is 0 Å². The molecule has 1 amide bonds. The van der Waals surface area contributed by atoms with Gasteiger partial charge in [-0.1, -0.05) is 43.1 Å². The van der Waals surface area contributed by atoms with E-state index in [0.717, 1.165) is 53.2 Å². The summed E-state index contributed by atoms with van der Waals surface area (Å²) < 4.78 is 26.6. The molecule has 5 rings (SSSR count). The number of unbranched alkanes of at least 4 members (excludes halogenated alkanes) is 2. The normalized spacial score (nSPS) is 24.5. The summed E-state index contributed by atoms with van der Waals surface area (Å²) in [5.74, 6) is 0.447. The van der Waals surface area contributed by atoms with Crippen LogP contribution >= 0.6 is 11.8 Å². The van der Waals surface area contributed by atoms with Gasteiger partial charge in [0.05, 0.1) is 24.8 Å². The van der Waals surface area contributed by atoms with Crippen molar-refractivity contribution in [3.05, 3.63) is 85.0 Å². The molecule has 2 aliphatic carbocycles. The van der Waals surface area contributed by atoms with E-state index in [1.54, 1.807) is 28.8 Å². The molecule has 0 bridgehead atoms. The van der Waals surface area contributed by atoms with Crippen molar-refractivity contribution in [2.24, 2.45) is 22.9 Å². The van der Waals surface area contributed by atoms with E-state index < -0.39 is 23.8 Å². The summed E-state index contributed by atoms with van der Waals surface area (Å²) in [4.78, 5) is 22.8. The van der Waals surface area contributed by atoms with Crippen LogP contribution < -0.4 is 9.47 Å². The number of hydrogen-bond donors (Lipinski definition) is 2. The standard InChI is InChI=1S/C44H60N2O8S/c1-6-10-27-50-43(49)46(23-7-2)40-30-38(45-52-9-4)36-28-31(15-11-13-24-47)35(16-12-14-25-48)41-37-29-33(53-32-17-20-34(55-5)21-18-32)19-22-39(37)54-44(40,42(36)41)51-26-8-3/h6,8,17-22,28-29,31,35,40-42,47-48H,1,3,7,9-16,23-27,30H2,2,4-5H3. The van der Waals surface area contributed by atoms with Crippen molar-refractivity contribution in [3.8, 4) is 17.2 Å². The Morgan fingerprint density at radius 3 is 2.45 bits per heavy atom. The Morgan fingerprint density at radius 2 is 1.78 bits per heavy atom. The number of rotatable bonds is 22. The minimum absolute atomic E-state index is 0.107. The van der Waals surface area contributed by atoms with Crippen molar-refractivity contribution >= 4 is 23.6 Å². The third kappa shape index (κ3) is 9.79. The molecular formula is C44H60N2O8S. The second-order valence-electron chi connectivity index (χ2n) is 14.4. The fraction of sp³-hybridized carbons (Fsp3) is 0.545. The molecule has 6 unspecified atom stereocenters. The van der Waals surface area contributed by atoms with E-state index in [1.165, 1.54) is 0 Å². The molecule has 55 heavy (non-hydrogen) atoms. The lowest BCUT2D eigenvalue weighted by atomic mass is 9.55. The maximum absolute atomic E-state index is 14.1. The predicted octanol–water partition coefficient (Wildman–Crippen LogP) is 9.28. The Bertz CT molecular complexity index is 1630. The number of nitrogens with zero attached hydrogens (tertiary/aromatic N) is 2. The number of fused-ring (bicyclic) bond motifs is 2. The number of amides is 1. The number of aliphatic hydroxyl groups excluding tert-OH is 2. The zero-order valence-corrected chi connectivity index (χ0v) is 33.6. The summed E-state index contributed by atoms with van der Waals surface area (Å²) in [6, 6.07) is 13.4. The fourth-order valence-electron chi connectivity index (χ4n) is 8.56. The van der Waals surface area contributed by atoms with Crippen LogP contribution in [0.1, 0.15) is 83.1 Å². The van der Waals surface area contributed by atoms with Crippen LogP contribution in [0, 0.1) is 17.8 Å². The maximum Gasteiger partial charge on any atom is 0.410 e. The lowest BCUT2D eigenvalue weighted by Crippen LogP contribution is -2.70. The largest absolute Gasteiger partial charge is 0.459 e. The lowest BCUT2D eigenvalue weighted by molar-refractivity contribution is -0.255. The van der Waals surface area contributed by atoms with Gasteiger partial charge in [0.25, 0.3) is 0 Å². The Balaban J connectivity index is 1.75. The van der Waals surface area contributed by atoms with Gasteiger partial charge in [0.1, 0.15) is 29.9 Å². The Hall–Kier alpha value is -3.77. The van der Waals surface area contributed by atoms with Crippen molar-refractivity contribution in [2.75, 3.05) is 45.8 Å². The monoisotopic (exact) mass is 776 g/mol.